The molecule has 3 heterocycles. The van der Waals surface area contributed by atoms with E-state index in [2.05, 4.69) is 174 Å². The molecule has 10 rings (SSSR count). The third kappa shape index (κ3) is 4.97. The quantitative estimate of drug-likeness (QED) is 0.162. The maximum absolute atomic E-state index is 6.20. The standard InChI is InChI=1S/C49H36N2O/c1-2-38(24-25-40-28-37-18-12-13-21-49(37)52-40)50-45-26-22-35(33-14-6-3-7-15-33)29-41(45)43-31-44-42-30-36(34-16-8-4-9-17-34)23-27-46(42)51(48(44)32-47(43)50)39-19-10-5-11-20-39/h2-8,10-16,18-32H,9,17H2,1H3/b25-24-,38-2+. The molecule has 3 nitrogen and oxygen atoms in total. The molecule has 0 unspecified atom stereocenters. The fraction of sp³-hybridized carbons (Fsp3) is 0.0612. The van der Waals surface area contributed by atoms with Gasteiger partial charge in [-0.05, 0) is 115 Å². The molecule has 0 amide bonds. The number of hydrogen-bond acceptors (Lipinski definition) is 1. The van der Waals surface area contributed by atoms with Gasteiger partial charge in [0, 0.05) is 38.3 Å². The van der Waals surface area contributed by atoms with Crippen LogP contribution < -0.4 is 0 Å². The van der Waals surface area contributed by atoms with Gasteiger partial charge in [0.25, 0.3) is 0 Å². The SMILES string of the molecule is C/C=C(\C=C/c1cc2ccccc2o1)n1c2ccc(-c3ccccc3)cc2c2cc3c4cc(C5=CC=CCC5)ccc4n(-c4ccccc4)c3cc21. The number of hydrogen-bond donors (Lipinski definition) is 0. The Balaban J connectivity index is 1.26. The second kappa shape index (κ2) is 12.3. The number of aromatic nitrogens is 2. The Labute approximate surface area is 302 Å². The molecule has 0 radical (unpaired) electrons. The van der Waals surface area contributed by atoms with Crippen LogP contribution in [0, 0.1) is 0 Å². The van der Waals surface area contributed by atoms with Crippen molar-refractivity contribution in [1.29, 1.82) is 0 Å². The second-order valence-corrected chi connectivity index (χ2v) is 13.6. The molecule has 3 heteroatoms. The van der Waals surface area contributed by atoms with Crippen molar-refractivity contribution in [2.45, 2.75) is 19.8 Å². The highest BCUT2D eigenvalue weighted by molar-refractivity contribution is 6.20. The van der Waals surface area contributed by atoms with Crippen LogP contribution in [0.25, 0.3) is 88.7 Å². The van der Waals surface area contributed by atoms with E-state index in [0.29, 0.717) is 0 Å². The summed E-state index contributed by atoms with van der Waals surface area (Å²) in [5.41, 5.74) is 13.0. The number of rotatable bonds is 6. The molecule has 52 heavy (non-hydrogen) atoms. The summed E-state index contributed by atoms with van der Waals surface area (Å²) in [6.07, 6.45) is 15.3. The molecule has 0 bridgehead atoms. The first-order chi connectivity index (χ1) is 25.7. The van der Waals surface area contributed by atoms with Crippen LogP contribution in [0.15, 0.2) is 174 Å². The number of benzene rings is 6. The number of furan rings is 1. The summed E-state index contributed by atoms with van der Waals surface area (Å²) in [6, 6.07) is 50.5. The van der Waals surface area contributed by atoms with Crippen molar-refractivity contribution in [1.82, 2.24) is 9.13 Å². The van der Waals surface area contributed by atoms with E-state index >= 15 is 0 Å². The molecular weight excluding hydrogens is 633 g/mol. The van der Waals surface area contributed by atoms with E-state index in [1.54, 1.807) is 0 Å². The number of allylic oxidation sites excluding steroid dienone is 7. The van der Waals surface area contributed by atoms with Crippen molar-refractivity contribution in [2.75, 3.05) is 0 Å². The third-order valence-corrected chi connectivity index (χ3v) is 10.6. The van der Waals surface area contributed by atoms with Crippen LogP contribution in [0.2, 0.25) is 0 Å². The van der Waals surface area contributed by atoms with E-state index in [1.165, 1.54) is 60.4 Å². The molecule has 0 saturated carbocycles. The van der Waals surface area contributed by atoms with Crippen LogP contribution in [0.3, 0.4) is 0 Å². The topological polar surface area (TPSA) is 23.0 Å². The molecule has 0 aliphatic heterocycles. The Bertz CT molecular complexity index is 2910. The van der Waals surface area contributed by atoms with Crippen molar-refractivity contribution in [3.63, 3.8) is 0 Å². The van der Waals surface area contributed by atoms with Gasteiger partial charge in [-0.2, -0.15) is 0 Å². The van der Waals surface area contributed by atoms with E-state index in [4.69, 9.17) is 4.42 Å². The average Bonchev–Trinajstić information content (AvgIpc) is 3.87. The minimum atomic E-state index is 0.832. The van der Waals surface area contributed by atoms with Crippen LogP contribution in [0.1, 0.15) is 31.1 Å². The van der Waals surface area contributed by atoms with Crippen molar-refractivity contribution in [3.8, 4) is 16.8 Å². The second-order valence-electron chi connectivity index (χ2n) is 13.6. The first kappa shape index (κ1) is 30.3. The molecule has 248 valence electrons. The van der Waals surface area contributed by atoms with Gasteiger partial charge in [-0.3, -0.25) is 0 Å². The van der Waals surface area contributed by atoms with Gasteiger partial charge >= 0.3 is 0 Å². The van der Waals surface area contributed by atoms with Gasteiger partial charge in [-0.1, -0.05) is 103 Å². The highest BCUT2D eigenvalue weighted by Crippen LogP contribution is 2.42. The van der Waals surface area contributed by atoms with Crippen molar-refractivity contribution in [2.24, 2.45) is 0 Å². The van der Waals surface area contributed by atoms with Crippen LogP contribution in [0.4, 0.5) is 0 Å². The largest absolute Gasteiger partial charge is 0.457 e. The summed E-state index contributed by atoms with van der Waals surface area (Å²) in [7, 11) is 0. The Morgan fingerprint density at radius 3 is 2.13 bits per heavy atom. The molecule has 6 aromatic carbocycles. The van der Waals surface area contributed by atoms with Gasteiger partial charge < -0.3 is 13.6 Å². The van der Waals surface area contributed by atoms with E-state index in [-0.39, 0.29) is 0 Å². The maximum Gasteiger partial charge on any atom is 0.134 e. The number of para-hydroxylation sites is 2. The lowest BCUT2D eigenvalue weighted by atomic mass is 9.96. The van der Waals surface area contributed by atoms with Crippen molar-refractivity contribution >= 4 is 71.9 Å². The van der Waals surface area contributed by atoms with E-state index in [9.17, 15) is 0 Å². The summed E-state index contributed by atoms with van der Waals surface area (Å²) in [6.45, 7) is 2.12. The van der Waals surface area contributed by atoms with Crippen LogP contribution in [-0.4, -0.2) is 9.13 Å². The summed E-state index contributed by atoms with van der Waals surface area (Å²) in [5, 5.41) is 6.08. The smallest absolute Gasteiger partial charge is 0.134 e. The Hall–Kier alpha value is -6.58. The van der Waals surface area contributed by atoms with E-state index < -0.39 is 0 Å². The molecule has 9 aromatic rings. The summed E-state index contributed by atoms with van der Waals surface area (Å²) >= 11 is 0. The molecule has 1 aliphatic rings. The van der Waals surface area contributed by atoms with Gasteiger partial charge in [-0.15, -0.1) is 0 Å². The van der Waals surface area contributed by atoms with Gasteiger partial charge in [0.2, 0.25) is 0 Å². The highest BCUT2D eigenvalue weighted by atomic mass is 16.3. The highest BCUT2D eigenvalue weighted by Gasteiger charge is 2.20. The van der Waals surface area contributed by atoms with Gasteiger partial charge in [0.05, 0.1) is 22.1 Å². The Morgan fingerprint density at radius 1 is 0.615 bits per heavy atom. The zero-order valence-corrected chi connectivity index (χ0v) is 29.0. The van der Waals surface area contributed by atoms with Crippen molar-refractivity contribution in [3.05, 3.63) is 181 Å². The minimum absolute atomic E-state index is 0.832. The average molecular weight is 669 g/mol. The predicted octanol–water partition coefficient (Wildman–Crippen LogP) is 13.6. The molecule has 0 saturated heterocycles. The molecule has 0 spiro atoms. The minimum Gasteiger partial charge on any atom is -0.457 e. The molecule has 0 N–H and O–H groups in total. The summed E-state index contributed by atoms with van der Waals surface area (Å²) in [5.74, 6) is 0.832. The van der Waals surface area contributed by atoms with Crippen LogP contribution in [0.5, 0.6) is 0 Å². The zero-order valence-electron chi connectivity index (χ0n) is 29.0. The van der Waals surface area contributed by atoms with E-state index in [0.717, 1.165) is 46.5 Å². The maximum atomic E-state index is 6.20. The number of nitrogens with zero attached hydrogens (tertiary/aromatic N) is 2. The zero-order chi connectivity index (χ0) is 34.6. The summed E-state index contributed by atoms with van der Waals surface area (Å²) in [4.78, 5) is 0. The van der Waals surface area contributed by atoms with Crippen LogP contribution in [-0.2, 0) is 0 Å². The first-order valence-corrected chi connectivity index (χ1v) is 18.1. The van der Waals surface area contributed by atoms with E-state index in [1.807, 2.05) is 18.2 Å². The summed E-state index contributed by atoms with van der Waals surface area (Å²) < 4.78 is 11.0. The lowest BCUT2D eigenvalue weighted by Crippen LogP contribution is -1.96. The molecule has 0 fully saturated rings. The third-order valence-electron chi connectivity index (χ3n) is 10.6. The lowest BCUT2D eigenvalue weighted by Gasteiger charge is -2.11. The number of fused-ring (bicyclic) bond motifs is 7. The first-order valence-electron chi connectivity index (χ1n) is 18.1. The molecule has 0 atom stereocenters. The van der Waals surface area contributed by atoms with Gasteiger partial charge in [-0.25, -0.2) is 0 Å². The molecular formula is C49H36N2O. The lowest BCUT2D eigenvalue weighted by molar-refractivity contribution is 0.604. The van der Waals surface area contributed by atoms with Gasteiger partial charge in [0.15, 0.2) is 0 Å². The predicted molar refractivity (Wildman–Crippen MR) is 221 cm³/mol. The monoisotopic (exact) mass is 668 g/mol. The fourth-order valence-corrected chi connectivity index (χ4v) is 8.07. The fourth-order valence-electron chi connectivity index (χ4n) is 8.07. The molecule has 1 aliphatic carbocycles. The normalized spacial score (nSPS) is 13.8. The van der Waals surface area contributed by atoms with Crippen molar-refractivity contribution < 1.29 is 4.42 Å². The Morgan fingerprint density at radius 2 is 1.33 bits per heavy atom. The molecule has 3 aromatic heterocycles. The van der Waals surface area contributed by atoms with Crippen LogP contribution >= 0.6 is 0 Å². The Kier molecular flexibility index (Phi) is 7.17. The van der Waals surface area contributed by atoms with Gasteiger partial charge in [0.1, 0.15) is 11.3 Å².